The number of nitrogens with one attached hydrogen (secondary N) is 1. The molecule has 1 aromatic carbocycles. The van der Waals surface area contributed by atoms with Crippen molar-refractivity contribution in [3.63, 3.8) is 0 Å². The number of anilines is 2. The van der Waals surface area contributed by atoms with Crippen molar-refractivity contribution in [2.75, 3.05) is 18.2 Å². The second kappa shape index (κ2) is 9.19. The second-order valence-corrected chi connectivity index (χ2v) is 7.68. The standard InChI is InChI=1S/C20H26N4O2S/c1-27-20-22-10-9-18(24-20)23-14-7-8-15(16(11-14)19(21)26)17(12-25)13-5-3-2-4-6-13/h7-11,13,17,25H,2-6,12H2,1H3,(H2,21,26)(H,22,23,24)/t17-/m0/s1. The molecule has 3 rings (SSSR count). The van der Waals surface area contributed by atoms with Crippen molar-refractivity contribution in [3.05, 3.63) is 41.6 Å². The number of nitrogens with zero attached hydrogens (tertiary/aromatic N) is 2. The highest BCUT2D eigenvalue weighted by atomic mass is 32.2. The number of benzene rings is 1. The molecule has 4 N–H and O–H groups in total. The zero-order chi connectivity index (χ0) is 19.2. The van der Waals surface area contributed by atoms with Gasteiger partial charge in [0.25, 0.3) is 0 Å². The molecule has 0 saturated heterocycles. The summed E-state index contributed by atoms with van der Waals surface area (Å²) in [5, 5.41) is 13.9. The molecule has 1 aliphatic carbocycles. The predicted molar refractivity (Wildman–Crippen MR) is 108 cm³/mol. The number of thioether (sulfide) groups is 1. The average Bonchev–Trinajstić information content (AvgIpc) is 2.70. The van der Waals surface area contributed by atoms with Gasteiger partial charge in [-0.25, -0.2) is 9.97 Å². The maximum Gasteiger partial charge on any atom is 0.249 e. The molecule has 0 spiro atoms. The van der Waals surface area contributed by atoms with Crippen LogP contribution in [0.2, 0.25) is 0 Å². The fourth-order valence-corrected chi connectivity index (χ4v) is 4.22. The van der Waals surface area contributed by atoms with Gasteiger partial charge < -0.3 is 16.2 Å². The molecule has 2 aromatic rings. The Morgan fingerprint density at radius 3 is 2.78 bits per heavy atom. The van der Waals surface area contributed by atoms with Crippen molar-refractivity contribution in [2.24, 2.45) is 11.7 Å². The SMILES string of the molecule is CSc1nccc(Nc2ccc([C@@H](CO)C3CCCCC3)c(C(N)=O)c2)n1. The number of nitrogens with two attached hydrogens (primary N) is 1. The Morgan fingerprint density at radius 1 is 1.33 bits per heavy atom. The Hall–Kier alpha value is -2.12. The van der Waals surface area contributed by atoms with Crippen LogP contribution < -0.4 is 11.1 Å². The number of rotatable bonds is 7. The first-order chi connectivity index (χ1) is 13.1. The molecule has 1 heterocycles. The summed E-state index contributed by atoms with van der Waals surface area (Å²) in [5.74, 6) is 0.523. The topological polar surface area (TPSA) is 101 Å². The number of hydrogen-bond donors (Lipinski definition) is 3. The summed E-state index contributed by atoms with van der Waals surface area (Å²) in [6.45, 7) is 0.0285. The summed E-state index contributed by atoms with van der Waals surface area (Å²) in [7, 11) is 0. The Balaban J connectivity index is 1.88. The van der Waals surface area contributed by atoms with Crippen LogP contribution in [0.15, 0.2) is 35.6 Å². The Kier molecular flexibility index (Phi) is 6.68. The summed E-state index contributed by atoms with van der Waals surface area (Å²) in [6.07, 6.45) is 9.38. The molecule has 1 aromatic heterocycles. The smallest absolute Gasteiger partial charge is 0.249 e. The van der Waals surface area contributed by atoms with Gasteiger partial charge in [-0.15, -0.1) is 0 Å². The fourth-order valence-electron chi connectivity index (χ4n) is 3.87. The highest BCUT2D eigenvalue weighted by Gasteiger charge is 2.27. The van der Waals surface area contributed by atoms with Gasteiger partial charge in [-0.3, -0.25) is 4.79 Å². The van der Waals surface area contributed by atoms with E-state index in [1.807, 2.05) is 18.4 Å². The molecular weight excluding hydrogens is 360 g/mol. The van der Waals surface area contributed by atoms with E-state index in [0.717, 1.165) is 24.1 Å². The van der Waals surface area contributed by atoms with Crippen molar-refractivity contribution in [2.45, 2.75) is 43.2 Å². The zero-order valence-corrected chi connectivity index (χ0v) is 16.3. The normalized spacial score (nSPS) is 16.1. The molecule has 0 unspecified atom stereocenters. The van der Waals surface area contributed by atoms with Crippen LogP contribution in [-0.4, -0.2) is 33.8 Å². The van der Waals surface area contributed by atoms with Gasteiger partial charge in [0.05, 0.1) is 6.61 Å². The van der Waals surface area contributed by atoms with Crippen LogP contribution in [-0.2, 0) is 0 Å². The number of primary amides is 1. The molecule has 0 bridgehead atoms. The zero-order valence-electron chi connectivity index (χ0n) is 15.5. The van der Waals surface area contributed by atoms with E-state index in [2.05, 4.69) is 15.3 Å². The van der Waals surface area contributed by atoms with Crippen LogP contribution in [0.5, 0.6) is 0 Å². The number of aliphatic hydroxyl groups excluding tert-OH is 1. The highest BCUT2D eigenvalue weighted by molar-refractivity contribution is 7.98. The van der Waals surface area contributed by atoms with E-state index in [-0.39, 0.29) is 12.5 Å². The third kappa shape index (κ3) is 4.78. The van der Waals surface area contributed by atoms with Crippen molar-refractivity contribution in [1.82, 2.24) is 9.97 Å². The van der Waals surface area contributed by atoms with Gasteiger partial charge in [0.1, 0.15) is 5.82 Å². The van der Waals surface area contributed by atoms with E-state index in [9.17, 15) is 9.90 Å². The van der Waals surface area contributed by atoms with Crippen molar-refractivity contribution < 1.29 is 9.90 Å². The molecule has 1 saturated carbocycles. The van der Waals surface area contributed by atoms with E-state index >= 15 is 0 Å². The van der Waals surface area contributed by atoms with Gasteiger partial charge in [0, 0.05) is 23.4 Å². The molecule has 0 radical (unpaired) electrons. The largest absolute Gasteiger partial charge is 0.396 e. The van der Waals surface area contributed by atoms with Crippen LogP contribution >= 0.6 is 11.8 Å². The Labute approximate surface area is 164 Å². The first kappa shape index (κ1) is 19.6. The molecular formula is C20H26N4O2S. The fraction of sp³-hybridized carbons (Fsp3) is 0.450. The van der Waals surface area contributed by atoms with Gasteiger partial charge in [0.2, 0.25) is 5.91 Å². The maximum absolute atomic E-state index is 12.1. The predicted octanol–water partition coefficient (Wildman–Crippen LogP) is 3.70. The van der Waals surface area contributed by atoms with Crippen LogP contribution in [0.25, 0.3) is 0 Å². The summed E-state index contributed by atoms with van der Waals surface area (Å²) in [6, 6.07) is 7.35. The lowest BCUT2D eigenvalue weighted by atomic mass is 9.76. The number of hydrogen-bond acceptors (Lipinski definition) is 6. The summed E-state index contributed by atoms with van der Waals surface area (Å²) in [4.78, 5) is 20.7. The summed E-state index contributed by atoms with van der Waals surface area (Å²) in [5.41, 5.74) is 7.71. The van der Waals surface area contributed by atoms with Crippen LogP contribution in [0.4, 0.5) is 11.5 Å². The van der Waals surface area contributed by atoms with Gasteiger partial charge in [-0.05, 0) is 48.8 Å². The van der Waals surface area contributed by atoms with Crippen LogP contribution in [0.1, 0.15) is 53.9 Å². The second-order valence-electron chi connectivity index (χ2n) is 6.91. The molecule has 1 atom stereocenters. The van der Waals surface area contributed by atoms with Crippen molar-refractivity contribution in [1.29, 1.82) is 0 Å². The lowest BCUT2D eigenvalue weighted by Crippen LogP contribution is -2.23. The maximum atomic E-state index is 12.1. The van der Waals surface area contributed by atoms with Crippen molar-refractivity contribution >= 4 is 29.2 Å². The van der Waals surface area contributed by atoms with E-state index < -0.39 is 5.91 Å². The molecule has 144 valence electrons. The lowest BCUT2D eigenvalue weighted by Gasteiger charge is -2.30. The molecule has 6 nitrogen and oxygen atoms in total. The third-order valence-electron chi connectivity index (χ3n) is 5.22. The third-order valence-corrected chi connectivity index (χ3v) is 5.78. The molecule has 27 heavy (non-hydrogen) atoms. The van der Waals surface area contributed by atoms with Gasteiger partial charge in [-0.2, -0.15) is 0 Å². The minimum atomic E-state index is -0.476. The van der Waals surface area contributed by atoms with E-state index in [4.69, 9.17) is 5.73 Å². The van der Waals surface area contributed by atoms with Crippen LogP contribution in [0, 0.1) is 5.92 Å². The quantitative estimate of drug-likeness (QED) is 0.495. The molecule has 7 heteroatoms. The monoisotopic (exact) mass is 386 g/mol. The van der Waals surface area contributed by atoms with Crippen molar-refractivity contribution in [3.8, 4) is 0 Å². The summed E-state index contributed by atoms with van der Waals surface area (Å²) >= 11 is 1.46. The first-order valence-electron chi connectivity index (χ1n) is 9.31. The Morgan fingerprint density at radius 2 is 2.11 bits per heavy atom. The van der Waals surface area contributed by atoms with E-state index in [0.29, 0.717) is 22.5 Å². The lowest BCUT2D eigenvalue weighted by molar-refractivity contribution is 0.0997. The average molecular weight is 387 g/mol. The minimum Gasteiger partial charge on any atom is -0.396 e. The summed E-state index contributed by atoms with van der Waals surface area (Å²) < 4.78 is 0. The minimum absolute atomic E-state index is 0.0285. The molecule has 0 aliphatic heterocycles. The van der Waals surface area contributed by atoms with E-state index in [1.54, 1.807) is 18.3 Å². The van der Waals surface area contributed by atoms with Gasteiger partial charge >= 0.3 is 0 Å². The Bertz CT molecular complexity index is 793. The first-order valence-corrected chi connectivity index (χ1v) is 10.5. The molecule has 1 fully saturated rings. The highest BCUT2D eigenvalue weighted by Crippen LogP contribution is 2.37. The van der Waals surface area contributed by atoms with Crippen LogP contribution in [0.3, 0.4) is 0 Å². The number of aliphatic hydroxyl groups is 1. The van der Waals surface area contributed by atoms with Gasteiger partial charge in [0.15, 0.2) is 5.16 Å². The molecule has 1 amide bonds. The number of aromatic nitrogens is 2. The number of carbonyl (C=O) groups excluding carboxylic acids is 1. The van der Waals surface area contributed by atoms with Gasteiger partial charge in [-0.1, -0.05) is 37.1 Å². The molecule has 1 aliphatic rings. The number of carbonyl (C=O) groups is 1. The number of amides is 1. The van der Waals surface area contributed by atoms with E-state index in [1.165, 1.54) is 31.0 Å².